The third-order valence-corrected chi connectivity index (χ3v) is 5.51. The lowest BCUT2D eigenvalue weighted by Crippen LogP contribution is -2.39. The summed E-state index contributed by atoms with van der Waals surface area (Å²) in [7, 11) is 1.82. The molecule has 3 rings (SSSR count). The number of guanidine groups is 1. The molecule has 0 spiro atoms. The van der Waals surface area contributed by atoms with E-state index in [1.54, 1.807) is 0 Å². The van der Waals surface area contributed by atoms with E-state index in [2.05, 4.69) is 82.9 Å². The minimum Gasteiger partial charge on any atom is -0.379 e. The number of benzene rings is 2. The summed E-state index contributed by atoms with van der Waals surface area (Å²) in [6.45, 7) is 10.6. The predicted octanol–water partition coefficient (Wildman–Crippen LogP) is 3.30. The highest BCUT2D eigenvalue weighted by molar-refractivity contribution is 5.79. The molecule has 156 valence electrons. The molecule has 5 heteroatoms. The Kier molecular flexibility index (Phi) is 8.08. The van der Waals surface area contributed by atoms with E-state index >= 15 is 0 Å². The van der Waals surface area contributed by atoms with Gasteiger partial charge in [0.15, 0.2) is 5.96 Å². The van der Waals surface area contributed by atoms with E-state index in [0.717, 1.165) is 51.9 Å². The maximum atomic E-state index is 5.47. The van der Waals surface area contributed by atoms with Crippen LogP contribution in [0.2, 0.25) is 0 Å². The van der Waals surface area contributed by atoms with E-state index in [-0.39, 0.29) is 0 Å². The van der Waals surface area contributed by atoms with Gasteiger partial charge >= 0.3 is 0 Å². The molecule has 0 amide bonds. The third-order valence-electron chi connectivity index (χ3n) is 5.51. The molecule has 0 saturated carbocycles. The monoisotopic (exact) mass is 394 g/mol. The second-order valence-corrected chi connectivity index (χ2v) is 7.78. The van der Waals surface area contributed by atoms with Gasteiger partial charge in [-0.3, -0.25) is 9.89 Å². The van der Waals surface area contributed by atoms with E-state index in [0.29, 0.717) is 5.92 Å². The molecule has 1 aliphatic rings. The van der Waals surface area contributed by atoms with Gasteiger partial charge < -0.3 is 15.4 Å². The summed E-state index contributed by atoms with van der Waals surface area (Å²) in [6.07, 6.45) is 0. The van der Waals surface area contributed by atoms with Crippen LogP contribution < -0.4 is 10.6 Å². The fourth-order valence-corrected chi connectivity index (χ4v) is 3.55. The van der Waals surface area contributed by atoms with Crippen molar-refractivity contribution in [3.05, 3.63) is 70.8 Å². The van der Waals surface area contributed by atoms with Gasteiger partial charge in [0.1, 0.15) is 0 Å². The summed E-state index contributed by atoms with van der Waals surface area (Å²) in [5.41, 5.74) is 5.32. The predicted molar refractivity (Wildman–Crippen MR) is 120 cm³/mol. The Hall–Kier alpha value is -2.37. The Morgan fingerprint density at radius 2 is 1.72 bits per heavy atom. The van der Waals surface area contributed by atoms with Crippen LogP contribution in [-0.4, -0.2) is 50.8 Å². The molecule has 0 bridgehead atoms. The van der Waals surface area contributed by atoms with Crippen LogP contribution in [0.15, 0.2) is 53.5 Å². The van der Waals surface area contributed by atoms with Gasteiger partial charge in [0.05, 0.1) is 13.2 Å². The van der Waals surface area contributed by atoms with Crippen molar-refractivity contribution >= 4 is 5.96 Å². The van der Waals surface area contributed by atoms with Gasteiger partial charge in [-0.2, -0.15) is 0 Å². The highest BCUT2D eigenvalue weighted by Gasteiger charge is 2.13. The Labute approximate surface area is 175 Å². The molecular weight excluding hydrogens is 360 g/mol. The molecule has 5 nitrogen and oxygen atoms in total. The van der Waals surface area contributed by atoms with E-state index in [1.807, 2.05) is 7.05 Å². The van der Waals surface area contributed by atoms with Gasteiger partial charge in [-0.1, -0.05) is 61.0 Å². The van der Waals surface area contributed by atoms with Gasteiger partial charge in [-0.25, -0.2) is 0 Å². The van der Waals surface area contributed by atoms with Crippen LogP contribution >= 0.6 is 0 Å². The topological polar surface area (TPSA) is 48.9 Å². The number of hydrogen-bond acceptors (Lipinski definition) is 3. The summed E-state index contributed by atoms with van der Waals surface area (Å²) in [5.74, 6) is 1.26. The number of aryl methyl sites for hydroxylation is 1. The molecule has 1 fully saturated rings. The summed E-state index contributed by atoms with van der Waals surface area (Å²) in [5, 5.41) is 6.94. The summed E-state index contributed by atoms with van der Waals surface area (Å²) in [4.78, 5) is 6.85. The lowest BCUT2D eigenvalue weighted by molar-refractivity contribution is 0.0341. The zero-order valence-electron chi connectivity index (χ0n) is 17.9. The largest absolute Gasteiger partial charge is 0.379 e. The normalized spacial score (nSPS) is 16.4. The highest BCUT2D eigenvalue weighted by Crippen LogP contribution is 2.15. The minimum atomic E-state index is 0.419. The smallest absolute Gasteiger partial charge is 0.191 e. The Morgan fingerprint density at radius 1 is 1.03 bits per heavy atom. The maximum absolute atomic E-state index is 5.47. The van der Waals surface area contributed by atoms with Crippen molar-refractivity contribution in [3.63, 3.8) is 0 Å². The van der Waals surface area contributed by atoms with Crippen molar-refractivity contribution in [2.45, 2.75) is 32.9 Å². The molecule has 29 heavy (non-hydrogen) atoms. The van der Waals surface area contributed by atoms with Gasteiger partial charge in [0.2, 0.25) is 0 Å². The highest BCUT2D eigenvalue weighted by atomic mass is 16.5. The first-order chi connectivity index (χ1) is 14.2. The SMILES string of the molecule is CN=C(NCc1ccccc1CN1CCOCC1)NCC(C)c1ccc(C)cc1. The number of aliphatic imine (C=N–C) groups is 1. The molecule has 1 unspecified atom stereocenters. The minimum absolute atomic E-state index is 0.419. The number of nitrogens with one attached hydrogen (secondary N) is 2. The van der Waals surface area contributed by atoms with E-state index in [4.69, 9.17) is 4.74 Å². The second-order valence-electron chi connectivity index (χ2n) is 7.78. The molecule has 1 atom stereocenters. The zero-order chi connectivity index (χ0) is 20.5. The summed E-state index contributed by atoms with van der Waals surface area (Å²) < 4.78 is 5.47. The summed E-state index contributed by atoms with van der Waals surface area (Å²) >= 11 is 0. The fraction of sp³-hybridized carbons (Fsp3) is 0.458. The van der Waals surface area contributed by atoms with Gasteiger partial charge in [0.25, 0.3) is 0 Å². The van der Waals surface area contributed by atoms with E-state index < -0.39 is 0 Å². The van der Waals surface area contributed by atoms with Crippen LogP contribution in [0.1, 0.15) is 35.1 Å². The first kappa shape index (κ1) is 21.3. The molecule has 0 aromatic heterocycles. The number of hydrogen-bond donors (Lipinski definition) is 2. The first-order valence-electron chi connectivity index (χ1n) is 10.5. The molecular formula is C24H34N4O. The lowest BCUT2D eigenvalue weighted by atomic mass is 10.0. The molecule has 0 radical (unpaired) electrons. The van der Waals surface area contributed by atoms with Crippen LogP contribution in [0.4, 0.5) is 0 Å². The molecule has 1 heterocycles. The van der Waals surface area contributed by atoms with Crippen molar-refractivity contribution in [1.82, 2.24) is 15.5 Å². The summed E-state index contributed by atoms with van der Waals surface area (Å²) in [6, 6.07) is 17.4. The van der Waals surface area contributed by atoms with Crippen LogP contribution in [-0.2, 0) is 17.8 Å². The second kappa shape index (κ2) is 11.0. The quantitative estimate of drug-likeness (QED) is 0.559. The zero-order valence-corrected chi connectivity index (χ0v) is 17.9. The molecule has 1 saturated heterocycles. The standard InChI is InChI=1S/C24H34N4O/c1-19-8-10-21(11-9-19)20(2)16-26-24(25-3)27-17-22-6-4-5-7-23(22)18-28-12-14-29-15-13-28/h4-11,20H,12-18H2,1-3H3,(H2,25,26,27). The Balaban J connectivity index is 1.52. The van der Waals surface area contributed by atoms with Crippen molar-refractivity contribution in [2.24, 2.45) is 4.99 Å². The number of ether oxygens (including phenoxy) is 1. The fourth-order valence-electron chi connectivity index (χ4n) is 3.55. The van der Waals surface area contributed by atoms with Crippen LogP contribution in [0, 0.1) is 6.92 Å². The molecule has 2 N–H and O–H groups in total. The third kappa shape index (κ3) is 6.58. The van der Waals surface area contributed by atoms with Gasteiger partial charge in [-0.15, -0.1) is 0 Å². The Bertz CT molecular complexity index is 782. The average molecular weight is 395 g/mol. The molecule has 2 aromatic carbocycles. The van der Waals surface area contributed by atoms with Crippen LogP contribution in [0.25, 0.3) is 0 Å². The van der Waals surface area contributed by atoms with Gasteiger partial charge in [0, 0.05) is 39.8 Å². The number of morpholine rings is 1. The van der Waals surface area contributed by atoms with Crippen molar-refractivity contribution in [1.29, 1.82) is 0 Å². The molecule has 0 aliphatic carbocycles. The lowest BCUT2D eigenvalue weighted by Gasteiger charge is -2.27. The maximum Gasteiger partial charge on any atom is 0.191 e. The van der Waals surface area contributed by atoms with Crippen LogP contribution in [0.5, 0.6) is 0 Å². The molecule has 1 aliphatic heterocycles. The number of nitrogens with zero attached hydrogens (tertiary/aromatic N) is 2. The van der Waals surface area contributed by atoms with E-state index in [9.17, 15) is 0 Å². The van der Waals surface area contributed by atoms with Crippen LogP contribution in [0.3, 0.4) is 0 Å². The van der Waals surface area contributed by atoms with Crippen molar-refractivity contribution in [3.8, 4) is 0 Å². The van der Waals surface area contributed by atoms with Crippen molar-refractivity contribution < 1.29 is 4.74 Å². The number of rotatable bonds is 7. The van der Waals surface area contributed by atoms with E-state index in [1.165, 1.54) is 22.3 Å². The molecule has 2 aromatic rings. The van der Waals surface area contributed by atoms with Gasteiger partial charge in [-0.05, 0) is 29.5 Å². The Morgan fingerprint density at radius 3 is 2.41 bits per heavy atom. The first-order valence-corrected chi connectivity index (χ1v) is 10.5. The van der Waals surface area contributed by atoms with Crippen molar-refractivity contribution in [2.75, 3.05) is 39.9 Å². The average Bonchev–Trinajstić information content (AvgIpc) is 2.76.